The van der Waals surface area contributed by atoms with E-state index in [1.54, 1.807) is 0 Å². The largest absolute Gasteiger partial charge is 0.368 e. The van der Waals surface area contributed by atoms with E-state index in [0.717, 1.165) is 6.07 Å². The van der Waals surface area contributed by atoms with E-state index in [4.69, 9.17) is 5.73 Å². The summed E-state index contributed by atoms with van der Waals surface area (Å²) in [5.74, 6) is -1.82. The molecule has 1 heterocycles. The zero-order valence-corrected chi connectivity index (χ0v) is 7.61. The van der Waals surface area contributed by atoms with Crippen LogP contribution >= 0.6 is 0 Å². The first-order chi connectivity index (χ1) is 7.18. The van der Waals surface area contributed by atoms with Crippen molar-refractivity contribution < 1.29 is 8.78 Å². The van der Waals surface area contributed by atoms with Crippen LogP contribution in [-0.2, 0) is 0 Å². The van der Waals surface area contributed by atoms with E-state index in [-0.39, 0.29) is 17.2 Å². The van der Waals surface area contributed by atoms with Crippen LogP contribution in [0.25, 0.3) is 11.3 Å². The summed E-state index contributed by atoms with van der Waals surface area (Å²) in [4.78, 5) is 7.47. The molecule has 15 heavy (non-hydrogen) atoms. The maximum absolute atomic E-state index is 13.3. The van der Waals surface area contributed by atoms with Gasteiger partial charge in [0, 0.05) is 11.8 Å². The Morgan fingerprint density at radius 1 is 1.13 bits per heavy atom. The Hall–Kier alpha value is -2.04. The average Bonchev–Trinajstić information content (AvgIpc) is 2.22. The minimum atomic E-state index is -0.935. The fraction of sp³-hybridized carbons (Fsp3) is 0. The normalized spacial score (nSPS) is 10.3. The zero-order chi connectivity index (χ0) is 10.8. The molecule has 2 rings (SSSR count). The average molecular weight is 207 g/mol. The topological polar surface area (TPSA) is 51.8 Å². The van der Waals surface area contributed by atoms with Crippen molar-refractivity contribution in [1.29, 1.82) is 0 Å². The number of hydrogen-bond acceptors (Lipinski definition) is 3. The Bertz CT molecular complexity index is 500. The van der Waals surface area contributed by atoms with Gasteiger partial charge in [0.1, 0.15) is 0 Å². The van der Waals surface area contributed by atoms with Gasteiger partial charge < -0.3 is 5.73 Å². The molecule has 0 saturated carbocycles. The van der Waals surface area contributed by atoms with Crippen LogP contribution in [-0.4, -0.2) is 9.97 Å². The van der Waals surface area contributed by atoms with Crippen LogP contribution in [0.15, 0.2) is 30.5 Å². The highest BCUT2D eigenvalue weighted by Gasteiger charge is 2.10. The van der Waals surface area contributed by atoms with Gasteiger partial charge >= 0.3 is 0 Å². The molecular formula is C10H7F2N3. The molecule has 0 amide bonds. The summed E-state index contributed by atoms with van der Waals surface area (Å²) in [6, 6.07) is 5.35. The molecule has 0 aliphatic carbocycles. The molecule has 2 N–H and O–H groups in total. The summed E-state index contributed by atoms with van der Waals surface area (Å²) >= 11 is 0. The summed E-state index contributed by atoms with van der Waals surface area (Å²) in [5, 5.41) is 0. The number of aromatic nitrogens is 2. The molecule has 0 spiro atoms. The first kappa shape index (κ1) is 9.51. The van der Waals surface area contributed by atoms with Crippen molar-refractivity contribution >= 4 is 5.95 Å². The van der Waals surface area contributed by atoms with Gasteiger partial charge in [-0.2, -0.15) is 0 Å². The van der Waals surface area contributed by atoms with Crippen LogP contribution in [0.1, 0.15) is 0 Å². The van der Waals surface area contributed by atoms with Gasteiger partial charge in [-0.1, -0.05) is 6.07 Å². The predicted molar refractivity (Wildman–Crippen MR) is 51.8 cm³/mol. The zero-order valence-electron chi connectivity index (χ0n) is 7.61. The van der Waals surface area contributed by atoms with E-state index in [1.165, 1.54) is 24.4 Å². The van der Waals surface area contributed by atoms with Crippen molar-refractivity contribution in [3.05, 3.63) is 42.1 Å². The van der Waals surface area contributed by atoms with Crippen molar-refractivity contribution in [2.45, 2.75) is 0 Å². The summed E-state index contributed by atoms with van der Waals surface area (Å²) in [5.41, 5.74) is 5.68. The van der Waals surface area contributed by atoms with E-state index in [0.29, 0.717) is 0 Å². The highest BCUT2D eigenvalue weighted by atomic mass is 19.2. The van der Waals surface area contributed by atoms with Gasteiger partial charge in [-0.15, -0.1) is 0 Å². The number of nitrogens with zero attached hydrogens (tertiary/aromatic N) is 2. The van der Waals surface area contributed by atoms with Crippen LogP contribution in [0.5, 0.6) is 0 Å². The predicted octanol–water partition coefficient (Wildman–Crippen LogP) is 2.00. The summed E-state index contributed by atoms with van der Waals surface area (Å²) in [7, 11) is 0. The third kappa shape index (κ3) is 1.76. The van der Waals surface area contributed by atoms with E-state index < -0.39 is 11.6 Å². The monoisotopic (exact) mass is 207 g/mol. The van der Waals surface area contributed by atoms with Crippen LogP contribution < -0.4 is 5.73 Å². The van der Waals surface area contributed by atoms with Gasteiger partial charge in [0.2, 0.25) is 5.95 Å². The van der Waals surface area contributed by atoms with E-state index >= 15 is 0 Å². The third-order valence-electron chi connectivity index (χ3n) is 1.90. The number of anilines is 1. The van der Waals surface area contributed by atoms with Crippen molar-refractivity contribution in [3.8, 4) is 11.3 Å². The molecule has 0 aliphatic rings. The Kier molecular flexibility index (Phi) is 2.29. The van der Waals surface area contributed by atoms with E-state index in [1.807, 2.05) is 0 Å². The highest BCUT2D eigenvalue weighted by Crippen LogP contribution is 2.22. The maximum Gasteiger partial charge on any atom is 0.220 e. The molecule has 0 radical (unpaired) electrons. The molecule has 5 heteroatoms. The smallest absolute Gasteiger partial charge is 0.220 e. The van der Waals surface area contributed by atoms with Crippen LogP contribution in [0.3, 0.4) is 0 Å². The number of benzene rings is 1. The van der Waals surface area contributed by atoms with E-state index in [9.17, 15) is 8.78 Å². The standard InChI is InChI=1S/C10H7F2N3/c11-7-3-1-2-6(9(7)12)8-4-5-14-10(13)15-8/h1-5H,(H2,13,14,15). The van der Waals surface area contributed by atoms with E-state index in [2.05, 4.69) is 9.97 Å². The van der Waals surface area contributed by atoms with Crippen LogP contribution in [0.2, 0.25) is 0 Å². The molecule has 0 atom stereocenters. The summed E-state index contributed by atoms with van der Waals surface area (Å²) < 4.78 is 26.3. The molecular weight excluding hydrogens is 200 g/mol. The molecule has 2 aromatic rings. The van der Waals surface area contributed by atoms with Crippen molar-refractivity contribution in [3.63, 3.8) is 0 Å². The quantitative estimate of drug-likeness (QED) is 0.778. The number of nitrogens with two attached hydrogens (primary N) is 1. The van der Waals surface area contributed by atoms with Gasteiger partial charge in [0.05, 0.1) is 5.69 Å². The van der Waals surface area contributed by atoms with Gasteiger partial charge in [-0.25, -0.2) is 18.7 Å². The minimum Gasteiger partial charge on any atom is -0.368 e. The molecule has 3 nitrogen and oxygen atoms in total. The summed E-state index contributed by atoms with van der Waals surface area (Å²) in [6.07, 6.45) is 1.39. The minimum absolute atomic E-state index is 0.0242. The lowest BCUT2D eigenvalue weighted by molar-refractivity contribution is 0.511. The molecule has 0 unspecified atom stereocenters. The lowest BCUT2D eigenvalue weighted by atomic mass is 10.1. The van der Waals surface area contributed by atoms with Crippen molar-refractivity contribution in [2.24, 2.45) is 0 Å². The van der Waals surface area contributed by atoms with Gasteiger partial charge in [-0.05, 0) is 18.2 Å². The molecule has 76 valence electrons. The Morgan fingerprint density at radius 3 is 2.67 bits per heavy atom. The Morgan fingerprint density at radius 2 is 1.93 bits per heavy atom. The van der Waals surface area contributed by atoms with Crippen molar-refractivity contribution in [1.82, 2.24) is 9.97 Å². The Labute approximate surface area is 84.6 Å². The van der Waals surface area contributed by atoms with Gasteiger partial charge in [-0.3, -0.25) is 0 Å². The third-order valence-corrected chi connectivity index (χ3v) is 1.90. The number of halogens is 2. The molecule has 0 saturated heterocycles. The van der Waals surface area contributed by atoms with Gasteiger partial charge in [0.25, 0.3) is 0 Å². The molecule has 1 aromatic heterocycles. The Balaban J connectivity index is 2.59. The van der Waals surface area contributed by atoms with Crippen LogP contribution in [0, 0.1) is 11.6 Å². The second kappa shape index (κ2) is 3.61. The maximum atomic E-state index is 13.3. The second-order valence-electron chi connectivity index (χ2n) is 2.90. The lowest BCUT2D eigenvalue weighted by Gasteiger charge is -2.03. The van der Waals surface area contributed by atoms with Crippen LogP contribution in [0.4, 0.5) is 14.7 Å². The van der Waals surface area contributed by atoms with Gasteiger partial charge in [0.15, 0.2) is 11.6 Å². The fourth-order valence-corrected chi connectivity index (χ4v) is 1.23. The molecule has 0 fully saturated rings. The number of rotatable bonds is 1. The fourth-order valence-electron chi connectivity index (χ4n) is 1.23. The summed E-state index contributed by atoms with van der Waals surface area (Å²) in [6.45, 7) is 0. The first-order valence-corrected chi connectivity index (χ1v) is 4.21. The number of nitrogen functional groups attached to an aromatic ring is 1. The molecule has 1 aromatic carbocycles. The molecule has 0 bridgehead atoms. The number of hydrogen-bond donors (Lipinski definition) is 1. The highest BCUT2D eigenvalue weighted by molar-refractivity contribution is 5.60. The lowest BCUT2D eigenvalue weighted by Crippen LogP contribution is -1.97. The SMILES string of the molecule is Nc1nccc(-c2cccc(F)c2F)n1. The second-order valence-corrected chi connectivity index (χ2v) is 2.90. The first-order valence-electron chi connectivity index (χ1n) is 4.21. The van der Waals surface area contributed by atoms with Crippen molar-refractivity contribution in [2.75, 3.05) is 5.73 Å². The molecule has 0 aliphatic heterocycles.